The monoisotopic (exact) mass is 519 g/mol. The van der Waals surface area contributed by atoms with Crippen LogP contribution in [0, 0.1) is 11.8 Å². The third-order valence-electron chi connectivity index (χ3n) is 7.18. The molecular weight excluding hydrogens is 486 g/mol. The molecule has 3 saturated heterocycles. The molecule has 2 N–H and O–H groups in total. The van der Waals surface area contributed by atoms with Crippen LogP contribution >= 0.6 is 11.8 Å². The van der Waals surface area contributed by atoms with Crippen LogP contribution in [0.5, 0.6) is 0 Å². The van der Waals surface area contributed by atoms with Crippen molar-refractivity contribution in [3.63, 3.8) is 0 Å². The number of β-lactam (4-membered cyclic amide) rings is 1. The summed E-state index contributed by atoms with van der Waals surface area (Å²) in [4.78, 5) is 54.4. The highest BCUT2D eigenvalue weighted by atomic mass is 32.2. The molecule has 0 bridgehead atoms. The van der Waals surface area contributed by atoms with Gasteiger partial charge in [0.25, 0.3) is 0 Å². The van der Waals surface area contributed by atoms with Crippen molar-refractivity contribution < 1.29 is 33.8 Å². The number of amides is 3. The molecular formula is C25H33N3O7S. The first kappa shape index (κ1) is 26.3. The van der Waals surface area contributed by atoms with Gasteiger partial charge in [-0.15, -0.1) is 11.8 Å². The molecule has 3 amide bonds. The molecule has 10 nitrogen and oxygen atoms in total. The van der Waals surface area contributed by atoms with E-state index in [4.69, 9.17) is 9.47 Å². The number of hydrogen-bond donors (Lipinski definition) is 2. The van der Waals surface area contributed by atoms with Crippen molar-refractivity contribution >= 4 is 35.6 Å². The maximum absolute atomic E-state index is 12.9. The lowest BCUT2D eigenvalue weighted by atomic mass is 9.83. The maximum atomic E-state index is 12.9. The standard InChI is InChI=1S/C25H33N3O7S/c1-4-8-34-24(32)21-19(12-18-20(14(3)29)23(31)28(18)21)36-17-11-16(10-15-6-7-26-22(15)30)27(13-17)25(33)35-9-5-2/h4-5,14-18,20,29H,1-2,6-13H2,3H3,(H,26,30)/t14-,15?,16-,17+,18-,20-/m1/s1. The second-order valence-corrected chi connectivity index (χ2v) is 11.0. The van der Waals surface area contributed by atoms with Crippen molar-refractivity contribution in [3.8, 4) is 0 Å². The highest BCUT2D eigenvalue weighted by Gasteiger charge is 2.57. The quantitative estimate of drug-likeness (QED) is 0.253. The summed E-state index contributed by atoms with van der Waals surface area (Å²) in [6, 6.07) is -0.477. The fourth-order valence-electron chi connectivity index (χ4n) is 5.55. The van der Waals surface area contributed by atoms with Gasteiger partial charge < -0.3 is 29.7 Å². The number of esters is 1. The van der Waals surface area contributed by atoms with Gasteiger partial charge in [-0.05, 0) is 26.2 Å². The third-order valence-corrected chi connectivity index (χ3v) is 8.50. The average molecular weight is 520 g/mol. The van der Waals surface area contributed by atoms with E-state index in [0.29, 0.717) is 37.3 Å². The molecule has 6 atom stereocenters. The van der Waals surface area contributed by atoms with E-state index >= 15 is 0 Å². The average Bonchev–Trinajstić information content (AvgIpc) is 3.52. The van der Waals surface area contributed by atoms with Gasteiger partial charge in [0.1, 0.15) is 18.9 Å². The van der Waals surface area contributed by atoms with Crippen molar-refractivity contribution in [3.05, 3.63) is 35.9 Å². The second kappa shape index (κ2) is 11.1. The lowest BCUT2D eigenvalue weighted by molar-refractivity contribution is -0.162. The van der Waals surface area contributed by atoms with E-state index in [-0.39, 0.29) is 54.0 Å². The zero-order valence-electron chi connectivity index (χ0n) is 20.4. The van der Waals surface area contributed by atoms with Crippen LogP contribution in [0.25, 0.3) is 0 Å². The number of aliphatic hydroxyl groups is 1. The Kier molecular flexibility index (Phi) is 8.09. The Bertz CT molecular complexity index is 981. The topological polar surface area (TPSA) is 125 Å². The number of nitrogens with zero attached hydrogens (tertiary/aromatic N) is 2. The van der Waals surface area contributed by atoms with Gasteiger partial charge in [0.05, 0.1) is 18.1 Å². The van der Waals surface area contributed by atoms with E-state index < -0.39 is 24.1 Å². The first-order valence-corrected chi connectivity index (χ1v) is 13.2. The molecule has 0 aromatic rings. The van der Waals surface area contributed by atoms with Gasteiger partial charge in [-0.2, -0.15) is 0 Å². The SMILES string of the molecule is C=CCOC(=O)C1=C(S[C@H]2C[C@@H](CC3CCNC3=O)N(C(=O)OCC=C)C2)C[C@@H]2[C@@H]([C@@H](C)O)C(=O)N12. The van der Waals surface area contributed by atoms with Crippen LogP contribution in [-0.4, -0.2) is 88.5 Å². The molecule has 0 spiro atoms. The highest BCUT2D eigenvalue weighted by molar-refractivity contribution is 8.03. The molecule has 4 rings (SSSR count). The summed E-state index contributed by atoms with van der Waals surface area (Å²) in [5, 5.41) is 12.9. The van der Waals surface area contributed by atoms with Crippen molar-refractivity contribution in [1.82, 2.24) is 15.1 Å². The Morgan fingerprint density at radius 1 is 1.25 bits per heavy atom. The predicted molar refractivity (Wildman–Crippen MR) is 132 cm³/mol. The largest absolute Gasteiger partial charge is 0.457 e. The minimum atomic E-state index is -0.822. The van der Waals surface area contributed by atoms with E-state index in [2.05, 4.69) is 18.5 Å². The van der Waals surface area contributed by atoms with E-state index in [1.807, 2.05) is 0 Å². The molecule has 36 heavy (non-hydrogen) atoms. The summed E-state index contributed by atoms with van der Waals surface area (Å²) in [7, 11) is 0. The van der Waals surface area contributed by atoms with Crippen LogP contribution in [0.15, 0.2) is 35.9 Å². The molecule has 4 heterocycles. The van der Waals surface area contributed by atoms with Gasteiger partial charge in [0, 0.05) is 41.6 Å². The lowest BCUT2D eigenvalue weighted by Crippen LogP contribution is -2.61. The van der Waals surface area contributed by atoms with Gasteiger partial charge >= 0.3 is 12.1 Å². The summed E-state index contributed by atoms with van der Waals surface area (Å²) in [6.45, 7) is 9.86. The zero-order valence-corrected chi connectivity index (χ0v) is 21.2. The number of rotatable bonds is 10. The molecule has 11 heteroatoms. The van der Waals surface area contributed by atoms with Gasteiger partial charge in [0.15, 0.2) is 0 Å². The number of nitrogens with one attached hydrogen (secondary N) is 1. The van der Waals surface area contributed by atoms with E-state index in [9.17, 15) is 24.3 Å². The molecule has 4 aliphatic heterocycles. The molecule has 0 radical (unpaired) electrons. The van der Waals surface area contributed by atoms with Gasteiger partial charge in [0.2, 0.25) is 11.8 Å². The van der Waals surface area contributed by atoms with Gasteiger partial charge in [-0.1, -0.05) is 25.3 Å². The Morgan fingerprint density at radius 2 is 1.97 bits per heavy atom. The fraction of sp³-hybridized carbons (Fsp3) is 0.600. The number of fused-ring (bicyclic) bond motifs is 1. The first-order chi connectivity index (χ1) is 17.3. The Morgan fingerprint density at radius 3 is 2.61 bits per heavy atom. The van der Waals surface area contributed by atoms with E-state index in [1.54, 1.807) is 11.8 Å². The van der Waals surface area contributed by atoms with Crippen LogP contribution in [0.3, 0.4) is 0 Å². The number of aliphatic hydroxyl groups excluding tert-OH is 1. The van der Waals surface area contributed by atoms with Crippen molar-refractivity contribution in [1.29, 1.82) is 0 Å². The number of carbonyl (C=O) groups is 4. The molecule has 4 aliphatic rings. The Balaban J connectivity index is 1.53. The van der Waals surface area contributed by atoms with Crippen LogP contribution in [-0.2, 0) is 23.9 Å². The van der Waals surface area contributed by atoms with Gasteiger partial charge in [-0.3, -0.25) is 9.59 Å². The summed E-state index contributed by atoms with van der Waals surface area (Å²) in [6.07, 6.45) is 4.01. The Labute approximate surface area is 214 Å². The number of ether oxygens (including phenoxy) is 2. The minimum Gasteiger partial charge on any atom is -0.457 e. The number of thioether (sulfide) groups is 1. The van der Waals surface area contributed by atoms with Crippen molar-refractivity contribution in [2.45, 2.75) is 56.0 Å². The molecule has 1 unspecified atom stereocenters. The summed E-state index contributed by atoms with van der Waals surface area (Å²) >= 11 is 1.46. The molecule has 3 fully saturated rings. The van der Waals surface area contributed by atoms with Gasteiger partial charge in [-0.25, -0.2) is 9.59 Å². The number of carbonyl (C=O) groups excluding carboxylic acids is 4. The number of likely N-dealkylation sites (tertiary alicyclic amines) is 1. The first-order valence-electron chi connectivity index (χ1n) is 12.3. The zero-order chi connectivity index (χ0) is 26.0. The lowest BCUT2D eigenvalue weighted by Gasteiger charge is -2.44. The van der Waals surface area contributed by atoms with E-state index in [0.717, 1.165) is 6.42 Å². The maximum Gasteiger partial charge on any atom is 0.410 e. The normalized spacial score (nSPS) is 30.0. The summed E-state index contributed by atoms with van der Waals surface area (Å²) in [5.41, 5.74) is 0.216. The van der Waals surface area contributed by atoms with Crippen LogP contribution in [0.2, 0.25) is 0 Å². The Hall–Kier alpha value is -2.79. The smallest absolute Gasteiger partial charge is 0.410 e. The van der Waals surface area contributed by atoms with Crippen molar-refractivity contribution in [2.24, 2.45) is 11.8 Å². The highest BCUT2D eigenvalue weighted by Crippen LogP contribution is 2.49. The molecule has 0 aromatic carbocycles. The molecule has 0 aliphatic carbocycles. The summed E-state index contributed by atoms with van der Waals surface area (Å²) in [5.74, 6) is -1.61. The third kappa shape index (κ3) is 5.04. The summed E-state index contributed by atoms with van der Waals surface area (Å²) < 4.78 is 10.6. The minimum absolute atomic E-state index is 0.00307. The van der Waals surface area contributed by atoms with E-state index in [1.165, 1.54) is 28.8 Å². The van der Waals surface area contributed by atoms with Crippen LogP contribution in [0.1, 0.15) is 32.6 Å². The predicted octanol–water partition coefficient (Wildman–Crippen LogP) is 1.56. The second-order valence-electron chi connectivity index (χ2n) is 9.56. The molecule has 0 aromatic heterocycles. The van der Waals surface area contributed by atoms with Crippen LogP contribution < -0.4 is 5.32 Å². The van der Waals surface area contributed by atoms with Crippen molar-refractivity contribution in [2.75, 3.05) is 26.3 Å². The van der Waals surface area contributed by atoms with Crippen LogP contribution in [0.4, 0.5) is 4.79 Å². The fourth-order valence-corrected chi connectivity index (χ4v) is 7.06. The molecule has 196 valence electrons. The molecule has 0 saturated carbocycles. The number of hydrogen-bond acceptors (Lipinski definition) is 8.